The highest BCUT2D eigenvalue weighted by Gasteiger charge is 2.47. The second-order valence-electron chi connectivity index (χ2n) is 8.88. The number of rotatable bonds is 8. The molecule has 188 valence electrons. The number of nitrogens with two attached hydrogens (primary N) is 1. The van der Waals surface area contributed by atoms with Crippen molar-refractivity contribution in [3.05, 3.63) is 105 Å². The maximum Gasteiger partial charge on any atom is 0.253 e. The molecule has 1 heterocycles. The van der Waals surface area contributed by atoms with Crippen LogP contribution < -0.4 is 5.73 Å². The maximum absolute atomic E-state index is 14.0. The van der Waals surface area contributed by atoms with Crippen molar-refractivity contribution < 1.29 is 18.7 Å². The van der Waals surface area contributed by atoms with Crippen LogP contribution in [0.4, 0.5) is 4.39 Å². The Balaban J connectivity index is 1.84. The van der Waals surface area contributed by atoms with Crippen LogP contribution in [0, 0.1) is 5.82 Å². The van der Waals surface area contributed by atoms with E-state index in [1.165, 1.54) is 12.1 Å². The number of hydrogen-bond acceptors (Lipinski definition) is 3. The maximum atomic E-state index is 14.0. The van der Waals surface area contributed by atoms with Gasteiger partial charge in [0, 0.05) is 16.5 Å². The van der Waals surface area contributed by atoms with Crippen LogP contribution >= 0.6 is 23.2 Å². The molecule has 2 N–H and O–H groups in total. The summed E-state index contributed by atoms with van der Waals surface area (Å²) in [5.41, 5.74) is 8.13. The van der Waals surface area contributed by atoms with E-state index in [-0.39, 0.29) is 18.1 Å². The molecule has 3 aromatic rings. The Morgan fingerprint density at radius 1 is 0.972 bits per heavy atom. The first-order valence-corrected chi connectivity index (χ1v) is 12.6. The number of halogens is 3. The average molecular weight is 529 g/mol. The first-order valence-electron chi connectivity index (χ1n) is 11.8. The van der Waals surface area contributed by atoms with Crippen LogP contribution in [0.5, 0.6) is 0 Å². The summed E-state index contributed by atoms with van der Waals surface area (Å²) in [6.45, 7) is 1.94. The van der Waals surface area contributed by atoms with Gasteiger partial charge in [0.05, 0.1) is 6.04 Å². The van der Waals surface area contributed by atoms with Gasteiger partial charge in [-0.3, -0.25) is 9.59 Å². The lowest BCUT2D eigenvalue weighted by Crippen LogP contribution is -2.58. The van der Waals surface area contributed by atoms with Crippen LogP contribution in [0.3, 0.4) is 0 Å². The van der Waals surface area contributed by atoms with Gasteiger partial charge in [-0.25, -0.2) is 4.39 Å². The monoisotopic (exact) mass is 528 g/mol. The molecular weight excluding hydrogens is 502 g/mol. The Labute approximate surface area is 219 Å². The third-order valence-electron chi connectivity index (χ3n) is 6.40. The fraction of sp³-hybridized carbons (Fsp3) is 0.286. The van der Waals surface area contributed by atoms with E-state index in [9.17, 15) is 14.0 Å². The number of amides is 2. The smallest absolute Gasteiger partial charge is 0.253 e. The second kappa shape index (κ2) is 11.4. The molecule has 0 radical (unpaired) electrons. The van der Waals surface area contributed by atoms with Crippen molar-refractivity contribution in [3.8, 4) is 0 Å². The molecule has 4 atom stereocenters. The Kier molecular flexibility index (Phi) is 8.29. The molecule has 1 aliphatic heterocycles. The molecular formula is C28H27Cl2FN2O3. The third-order valence-corrected chi connectivity index (χ3v) is 6.90. The lowest BCUT2D eigenvalue weighted by molar-refractivity contribution is -0.181. The van der Waals surface area contributed by atoms with E-state index in [1.807, 2.05) is 31.2 Å². The molecule has 36 heavy (non-hydrogen) atoms. The highest BCUT2D eigenvalue weighted by Crippen LogP contribution is 2.44. The van der Waals surface area contributed by atoms with Crippen LogP contribution in [-0.4, -0.2) is 28.9 Å². The normalized spacial score (nSPS) is 20.8. The summed E-state index contributed by atoms with van der Waals surface area (Å²) in [6.07, 6.45) is -0.254. The van der Waals surface area contributed by atoms with E-state index in [1.54, 1.807) is 41.3 Å². The van der Waals surface area contributed by atoms with Crippen LogP contribution in [0.25, 0.3) is 0 Å². The van der Waals surface area contributed by atoms with Gasteiger partial charge < -0.3 is 15.4 Å². The van der Waals surface area contributed by atoms with Gasteiger partial charge in [0.2, 0.25) is 5.91 Å². The second-order valence-corrected chi connectivity index (χ2v) is 9.75. The summed E-state index contributed by atoms with van der Waals surface area (Å²) < 4.78 is 20.0. The molecule has 8 heteroatoms. The zero-order valence-electron chi connectivity index (χ0n) is 19.7. The van der Waals surface area contributed by atoms with Crippen LogP contribution in [-0.2, 0) is 20.7 Å². The lowest BCUT2D eigenvalue weighted by Gasteiger charge is -2.47. The number of hydrogen-bond donors (Lipinski definition) is 1. The van der Waals surface area contributed by atoms with Gasteiger partial charge in [0.25, 0.3) is 5.91 Å². The average Bonchev–Trinajstić information content (AvgIpc) is 2.86. The van der Waals surface area contributed by atoms with Crippen molar-refractivity contribution in [2.24, 2.45) is 5.73 Å². The largest absolute Gasteiger partial charge is 0.368 e. The number of benzene rings is 3. The van der Waals surface area contributed by atoms with E-state index in [0.29, 0.717) is 22.9 Å². The molecule has 0 saturated carbocycles. The summed E-state index contributed by atoms with van der Waals surface area (Å²) in [5, 5.41) is 1.11. The summed E-state index contributed by atoms with van der Waals surface area (Å²) in [6, 6.07) is 18.8. The minimum absolute atomic E-state index is 0.213. The SMILES string of the molecule is CCCC(C(N)=O)N1C(=O)[C@@H](Cc2ccc(F)cc2)O[C@H](c2ccc(Cl)cc2)[C@@H]1c1ccc(Cl)cc1. The summed E-state index contributed by atoms with van der Waals surface area (Å²) >= 11 is 12.3. The van der Waals surface area contributed by atoms with Crippen molar-refractivity contribution in [2.75, 3.05) is 0 Å². The fourth-order valence-corrected chi connectivity index (χ4v) is 4.93. The first-order chi connectivity index (χ1) is 17.3. The molecule has 3 aromatic carbocycles. The van der Waals surface area contributed by atoms with Gasteiger partial charge in [-0.1, -0.05) is 72.9 Å². The first kappa shape index (κ1) is 26.1. The van der Waals surface area contributed by atoms with Crippen molar-refractivity contribution in [1.82, 2.24) is 4.90 Å². The number of ether oxygens (including phenoxy) is 1. The number of morpholine rings is 1. The molecule has 1 saturated heterocycles. The van der Waals surface area contributed by atoms with E-state index < -0.39 is 30.2 Å². The molecule has 1 unspecified atom stereocenters. The van der Waals surface area contributed by atoms with Crippen molar-refractivity contribution in [3.63, 3.8) is 0 Å². The minimum Gasteiger partial charge on any atom is -0.368 e. The van der Waals surface area contributed by atoms with Gasteiger partial charge in [-0.05, 0) is 59.5 Å². The van der Waals surface area contributed by atoms with Gasteiger partial charge in [-0.2, -0.15) is 0 Å². The molecule has 4 rings (SSSR count). The predicted molar refractivity (Wildman–Crippen MR) is 138 cm³/mol. The van der Waals surface area contributed by atoms with Crippen LogP contribution in [0.1, 0.15) is 48.6 Å². The zero-order valence-corrected chi connectivity index (χ0v) is 21.3. The van der Waals surface area contributed by atoms with E-state index in [0.717, 1.165) is 16.7 Å². The van der Waals surface area contributed by atoms with Crippen molar-refractivity contribution in [1.29, 1.82) is 0 Å². The predicted octanol–water partition coefficient (Wildman–Crippen LogP) is 6.04. The van der Waals surface area contributed by atoms with Crippen LogP contribution in [0.15, 0.2) is 72.8 Å². The van der Waals surface area contributed by atoms with E-state index in [4.69, 9.17) is 33.7 Å². The zero-order chi connectivity index (χ0) is 25.8. The van der Waals surface area contributed by atoms with Crippen molar-refractivity contribution in [2.45, 2.75) is 50.5 Å². The van der Waals surface area contributed by atoms with Gasteiger partial charge in [-0.15, -0.1) is 0 Å². The van der Waals surface area contributed by atoms with Gasteiger partial charge in [0.15, 0.2) is 0 Å². The quantitative estimate of drug-likeness (QED) is 0.387. The van der Waals surface area contributed by atoms with Gasteiger partial charge >= 0.3 is 0 Å². The number of carbonyl (C=O) groups excluding carboxylic acids is 2. The molecule has 0 spiro atoms. The fourth-order valence-electron chi connectivity index (χ4n) is 4.68. The molecule has 5 nitrogen and oxygen atoms in total. The number of carbonyl (C=O) groups is 2. The standard InChI is InChI=1S/C28H27Cl2FN2O3/c1-2-3-23(27(32)34)33-25(18-6-10-20(29)11-7-18)26(19-8-12-21(30)13-9-19)36-24(28(33)35)16-17-4-14-22(31)15-5-17/h4-15,23-26H,2-3,16H2,1H3,(H2,32,34)/t23?,24-,25+,26-/m1/s1. The Morgan fingerprint density at radius 2 is 1.53 bits per heavy atom. The number of primary amides is 1. The highest BCUT2D eigenvalue weighted by atomic mass is 35.5. The van der Waals surface area contributed by atoms with E-state index >= 15 is 0 Å². The Morgan fingerprint density at radius 3 is 2.06 bits per heavy atom. The van der Waals surface area contributed by atoms with E-state index in [2.05, 4.69) is 0 Å². The number of nitrogens with zero attached hydrogens (tertiary/aromatic N) is 1. The van der Waals surface area contributed by atoms with Crippen LogP contribution in [0.2, 0.25) is 10.0 Å². The summed E-state index contributed by atoms with van der Waals surface area (Å²) in [7, 11) is 0. The molecule has 0 aromatic heterocycles. The minimum atomic E-state index is -0.904. The summed E-state index contributed by atoms with van der Waals surface area (Å²) in [5.74, 6) is -1.29. The molecule has 0 aliphatic carbocycles. The van der Waals surface area contributed by atoms with Gasteiger partial charge in [0.1, 0.15) is 24.1 Å². The molecule has 1 aliphatic rings. The Bertz CT molecular complexity index is 1200. The molecule has 2 amide bonds. The summed E-state index contributed by atoms with van der Waals surface area (Å²) in [4.78, 5) is 28.2. The Hall–Kier alpha value is -2.93. The third kappa shape index (κ3) is 5.72. The molecule has 0 bridgehead atoms. The highest BCUT2D eigenvalue weighted by molar-refractivity contribution is 6.30. The molecule has 1 fully saturated rings. The topological polar surface area (TPSA) is 72.6 Å². The lowest BCUT2D eigenvalue weighted by atomic mass is 9.88. The van der Waals surface area contributed by atoms with Crippen molar-refractivity contribution >= 4 is 35.0 Å².